The second kappa shape index (κ2) is 8.06. The zero-order chi connectivity index (χ0) is 17.4. The van der Waals surface area contributed by atoms with Gasteiger partial charge in [0.1, 0.15) is 5.54 Å². The standard InChI is InChI=1S/C21H22N2O/c1-3-15-21(16-4-2,20(22)24)23-19(17-11-7-5-8-12-17)18-13-9-6-10-14-18/h3-14H,1-2,15-16H2,(H2,22,24). The van der Waals surface area contributed by atoms with Crippen molar-refractivity contribution < 1.29 is 4.79 Å². The number of amides is 1. The number of carbonyl (C=O) groups excluding carboxylic acids is 1. The van der Waals surface area contributed by atoms with Crippen molar-refractivity contribution in [3.63, 3.8) is 0 Å². The highest BCUT2D eigenvalue weighted by atomic mass is 16.1. The van der Waals surface area contributed by atoms with Crippen molar-refractivity contribution in [3.8, 4) is 0 Å². The molecular weight excluding hydrogens is 296 g/mol. The summed E-state index contributed by atoms with van der Waals surface area (Å²) in [5.74, 6) is -0.480. The Bertz CT molecular complexity index is 681. The van der Waals surface area contributed by atoms with Gasteiger partial charge in [-0.3, -0.25) is 9.79 Å². The molecule has 24 heavy (non-hydrogen) atoms. The Morgan fingerprint density at radius 3 is 1.67 bits per heavy atom. The number of rotatable bonds is 8. The molecular formula is C21H22N2O. The van der Waals surface area contributed by atoms with Crippen LogP contribution >= 0.6 is 0 Å². The summed E-state index contributed by atoms with van der Waals surface area (Å²) in [6.07, 6.45) is 4.06. The highest BCUT2D eigenvalue weighted by molar-refractivity contribution is 6.14. The van der Waals surface area contributed by atoms with Crippen LogP contribution in [-0.2, 0) is 4.79 Å². The van der Waals surface area contributed by atoms with Crippen molar-refractivity contribution in [2.45, 2.75) is 18.4 Å². The lowest BCUT2D eigenvalue weighted by Gasteiger charge is -2.25. The number of carbonyl (C=O) groups is 1. The van der Waals surface area contributed by atoms with Crippen LogP contribution < -0.4 is 5.73 Å². The highest BCUT2D eigenvalue weighted by Crippen LogP contribution is 2.25. The van der Waals surface area contributed by atoms with Crippen molar-refractivity contribution in [3.05, 3.63) is 97.1 Å². The lowest BCUT2D eigenvalue weighted by molar-refractivity contribution is -0.122. The number of nitrogens with zero attached hydrogens (tertiary/aromatic N) is 1. The number of benzene rings is 2. The van der Waals surface area contributed by atoms with Gasteiger partial charge in [0.2, 0.25) is 5.91 Å². The van der Waals surface area contributed by atoms with Gasteiger partial charge in [0.05, 0.1) is 5.71 Å². The first-order valence-electron chi connectivity index (χ1n) is 7.85. The summed E-state index contributed by atoms with van der Waals surface area (Å²) in [5.41, 5.74) is 7.23. The first-order chi connectivity index (χ1) is 11.6. The summed E-state index contributed by atoms with van der Waals surface area (Å²) in [6.45, 7) is 7.50. The third kappa shape index (κ3) is 3.87. The van der Waals surface area contributed by atoms with Crippen LogP contribution in [0.1, 0.15) is 24.0 Å². The summed E-state index contributed by atoms with van der Waals surface area (Å²) in [6, 6.07) is 19.6. The van der Waals surface area contributed by atoms with Gasteiger partial charge in [0.25, 0.3) is 0 Å². The third-order valence-electron chi connectivity index (χ3n) is 3.84. The van der Waals surface area contributed by atoms with Gasteiger partial charge in [0, 0.05) is 11.1 Å². The predicted octanol–water partition coefficient (Wildman–Crippen LogP) is 3.90. The molecule has 0 fully saturated rings. The lowest BCUT2D eigenvalue weighted by atomic mass is 9.89. The second-order valence-electron chi connectivity index (χ2n) is 5.57. The van der Waals surface area contributed by atoms with Crippen LogP contribution in [0.15, 0.2) is 91.0 Å². The summed E-state index contributed by atoms with van der Waals surface area (Å²) < 4.78 is 0. The Morgan fingerprint density at radius 2 is 1.33 bits per heavy atom. The van der Waals surface area contributed by atoms with E-state index < -0.39 is 11.4 Å². The van der Waals surface area contributed by atoms with Gasteiger partial charge in [0.15, 0.2) is 0 Å². The summed E-state index contributed by atoms with van der Waals surface area (Å²) >= 11 is 0. The maximum absolute atomic E-state index is 12.2. The molecule has 0 aromatic heterocycles. The molecule has 0 atom stereocenters. The smallest absolute Gasteiger partial charge is 0.246 e. The zero-order valence-electron chi connectivity index (χ0n) is 13.7. The molecule has 122 valence electrons. The molecule has 0 saturated heterocycles. The van der Waals surface area contributed by atoms with E-state index in [1.807, 2.05) is 60.7 Å². The van der Waals surface area contributed by atoms with Gasteiger partial charge >= 0.3 is 0 Å². The van der Waals surface area contributed by atoms with Crippen LogP contribution in [0.5, 0.6) is 0 Å². The van der Waals surface area contributed by atoms with E-state index in [2.05, 4.69) is 13.2 Å². The number of hydrogen-bond donors (Lipinski definition) is 1. The Kier molecular flexibility index (Phi) is 5.85. The largest absolute Gasteiger partial charge is 0.368 e. The number of hydrogen-bond acceptors (Lipinski definition) is 2. The summed E-state index contributed by atoms with van der Waals surface area (Å²) in [7, 11) is 0. The maximum atomic E-state index is 12.2. The molecule has 0 saturated carbocycles. The molecule has 0 unspecified atom stereocenters. The third-order valence-corrected chi connectivity index (χ3v) is 3.84. The number of aliphatic imine (C=N–C) groups is 1. The second-order valence-corrected chi connectivity index (χ2v) is 5.57. The Morgan fingerprint density at radius 1 is 0.917 bits per heavy atom. The summed E-state index contributed by atoms with van der Waals surface area (Å²) in [4.78, 5) is 17.0. The lowest BCUT2D eigenvalue weighted by Crippen LogP contribution is -2.42. The quantitative estimate of drug-likeness (QED) is 0.582. The molecule has 0 heterocycles. The number of primary amides is 1. The van der Waals surface area contributed by atoms with Crippen molar-refractivity contribution in [1.29, 1.82) is 0 Å². The van der Waals surface area contributed by atoms with E-state index in [4.69, 9.17) is 10.7 Å². The molecule has 3 heteroatoms. The summed E-state index contributed by atoms with van der Waals surface area (Å²) in [5, 5.41) is 0. The molecule has 2 N–H and O–H groups in total. The average Bonchev–Trinajstić information content (AvgIpc) is 2.61. The average molecular weight is 318 g/mol. The van der Waals surface area contributed by atoms with Crippen LogP contribution in [0.25, 0.3) is 0 Å². The first kappa shape index (κ1) is 17.4. The van der Waals surface area contributed by atoms with E-state index in [1.165, 1.54) is 0 Å². The van der Waals surface area contributed by atoms with Crippen LogP contribution in [0.3, 0.4) is 0 Å². The topological polar surface area (TPSA) is 55.4 Å². The molecule has 2 aromatic rings. The molecule has 0 radical (unpaired) electrons. The van der Waals surface area contributed by atoms with E-state index in [1.54, 1.807) is 12.2 Å². The van der Waals surface area contributed by atoms with E-state index in [9.17, 15) is 4.79 Å². The van der Waals surface area contributed by atoms with E-state index >= 15 is 0 Å². The van der Waals surface area contributed by atoms with E-state index in [-0.39, 0.29) is 0 Å². The van der Waals surface area contributed by atoms with E-state index in [0.29, 0.717) is 12.8 Å². The molecule has 0 aliphatic carbocycles. The van der Waals surface area contributed by atoms with Crippen LogP contribution in [0.2, 0.25) is 0 Å². The first-order valence-corrected chi connectivity index (χ1v) is 7.85. The number of nitrogens with two attached hydrogens (primary N) is 1. The fourth-order valence-corrected chi connectivity index (χ4v) is 2.61. The molecule has 1 amide bonds. The minimum Gasteiger partial charge on any atom is -0.368 e. The van der Waals surface area contributed by atoms with Crippen LogP contribution in [-0.4, -0.2) is 17.2 Å². The molecule has 3 nitrogen and oxygen atoms in total. The van der Waals surface area contributed by atoms with Crippen molar-refractivity contribution in [2.24, 2.45) is 10.7 Å². The highest BCUT2D eigenvalue weighted by Gasteiger charge is 2.34. The van der Waals surface area contributed by atoms with Crippen LogP contribution in [0.4, 0.5) is 0 Å². The molecule has 2 aromatic carbocycles. The van der Waals surface area contributed by atoms with Crippen LogP contribution in [0, 0.1) is 0 Å². The fourth-order valence-electron chi connectivity index (χ4n) is 2.61. The van der Waals surface area contributed by atoms with Crippen molar-refractivity contribution in [2.75, 3.05) is 0 Å². The van der Waals surface area contributed by atoms with Gasteiger partial charge in [-0.2, -0.15) is 0 Å². The van der Waals surface area contributed by atoms with Crippen molar-refractivity contribution in [1.82, 2.24) is 0 Å². The Balaban J connectivity index is 2.68. The minimum atomic E-state index is -1.08. The molecule has 0 aliphatic rings. The SMILES string of the molecule is C=CCC(CC=C)(N=C(c1ccccc1)c1ccccc1)C(N)=O. The van der Waals surface area contributed by atoms with Gasteiger partial charge in [-0.1, -0.05) is 72.8 Å². The zero-order valence-corrected chi connectivity index (χ0v) is 13.7. The van der Waals surface area contributed by atoms with E-state index in [0.717, 1.165) is 16.8 Å². The van der Waals surface area contributed by atoms with Gasteiger partial charge in [-0.05, 0) is 12.8 Å². The maximum Gasteiger partial charge on any atom is 0.246 e. The van der Waals surface area contributed by atoms with Crippen molar-refractivity contribution >= 4 is 11.6 Å². The van der Waals surface area contributed by atoms with Gasteiger partial charge in [-0.15, -0.1) is 13.2 Å². The minimum absolute atomic E-state index is 0.359. The monoisotopic (exact) mass is 318 g/mol. The molecule has 2 rings (SSSR count). The molecule has 0 aliphatic heterocycles. The predicted molar refractivity (Wildman–Crippen MR) is 100 cm³/mol. The normalized spacial score (nSPS) is 10.7. The molecule has 0 bridgehead atoms. The van der Waals surface area contributed by atoms with Gasteiger partial charge in [-0.25, -0.2) is 0 Å². The fraction of sp³-hybridized carbons (Fsp3) is 0.143. The van der Waals surface area contributed by atoms with Gasteiger partial charge < -0.3 is 5.73 Å². The molecule has 0 spiro atoms. The Hall–Kier alpha value is -2.94. The Labute approximate surface area is 143 Å².